The van der Waals surface area contributed by atoms with E-state index in [1.54, 1.807) is 13.8 Å². The summed E-state index contributed by atoms with van der Waals surface area (Å²) in [7, 11) is 0. The first-order chi connectivity index (χ1) is 21.9. The molecule has 4 fully saturated rings. The van der Waals surface area contributed by atoms with E-state index in [1.165, 1.54) is 5.57 Å². The number of carbonyl (C=O) groups is 3. The summed E-state index contributed by atoms with van der Waals surface area (Å²) in [6.45, 7) is 27.8. The molecule has 5 aliphatic rings. The van der Waals surface area contributed by atoms with Crippen molar-refractivity contribution in [2.45, 2.75) is 178 Å². The van der Waals surface area contributed by atoms with Crippen molar-refractivity contribution in [3.63, 3.8) is 0 Å². The van der Waals surface area contributed by atoms with Crippen molar-refractivity contribution >= 4 is 17.7 Å². The van der Waals surface area contributed by atoms with Gasteiger partial charge in [-0.2, -0.15) is 0 Å². The molecule has 48 heavy (non-hydrogen) atoms. The average molecular weight is 669 g/mol. The molecule has 5 rings (SSSR count). The van der Waals surface area contributed by atoms with Gasteiger partial charge in [-0.3, -0.25) is 14.4 Å². The van der Waals surface area contributed by atoms with Crippen molar-refractivity contribution in [2.24, 2.45) is 56.2 Å². The van der Waals surface area contributed by atoms with Gasteiger partial charge in [-0.15, -0.1) is 0 Å². The number of aliphatic hydroxyl groups is 1. The lowest BCUT2D eigenvalue weighted by Gasteiger charge is -2.72. The van der Waals surface area contributed by atoms with Crippen LogP contribution < -0.4 is 0 Å². The van der Waals surface area contributed by atoms with Gasteiger partial charge < -0.3 is 14.6 Å². The first-order valence-corrected chi connectivity index (χ1v) is 19.3. The summed E-state index contributed by atoms with van der Waals surface area (Å²) >= 11 is 0. The van der Waals surface area contributed by atoms with E-state index < -0.39 is 17.1 Å². The second kappa shape index (κ2) is 11.9. The van der Waals surface area contributed by atoms with Crippen LogP contribution in [0.5, 0.6) is 0 Å². The smallest absolute Gasteiger partial charge is 0.312 e. The maximum Gasteiger partial charge on any atom is 0.312 e. The van der Waals surface area contributed by atoms with E-state index in [9.17, 15) is 19.5 Å². The number of aliphatic hydroxyl groups excluding tert-OH is 1. The fourth-order valence-corrected chi connectivity index (χ4v) is 12.7. The molecule has 0 radical (unpaired) electrons. The Morgan fingerprint density at radius 3 is 2.10 bits per heavy atom. The summed E-state index contributed by atoms with van der Waals surface area (Å²) in [4.78, 5) is 40.0. The number of carbonyl (C=O) groups excluding carboxylic acids is 3. The minimum atomic E-state index is -0.960. The Labute approximate surface area is 291 Å². The van der Waals surface area contributed by atoms with Gasteiger partial charge in [-0.1, -0.05) is 61.0 Å². The normalized spacial score (nSPS) is 40.0. The fourth-order valence-electron chi connectivity index (χ4n) is 12.7. The van der Waals surface area contributed by atoms with Crippen LogP contribution in [0.15, 0.2) is 11.1 Å². The van der Waals surface area contributed by atoms with Crippen LogP contribution in [0.25, 0.3) is 0 Å². The SMILES string of the molecule is CC[C@H](O)[C@@]12CC[C@]3(C)[C@H](CC[C@@H]4[C@@]5(C)CC[C@H](OC(=O)CC(C)(C)C(=O)OC(C)(C)C)C(C)(C)[C@@H]5CC[C@]43C)C1=C(C(C)C)C(=O)C2. The molecule has 0 aromatic rings. The van der Waals surface area contributed by atoms with E-state index in [1.807, 2.05) is 20.8 Å². The fraction of sp³-hybridized carbons (Fsp3) is 0.881. The molecule has 5 aliphatic carbocycles. The second-order valence-corrected chi connectivity index (χ2v) is 20.2. The Bertz CT molecular complexity index is 1350. The molecule has 9 atom stereocenters. The highest BCUT2D eigenvalue weighted by Crippen LogP contribution is 2.77. The van der Waals surface area contributed by atoms with E-state index in [0.717, 1.165) is 56.9 Å². The first kappa shape index (κ1) is 37.6. The maximum absolute atomic E-state index is 13.7. The summed E-state index contributed by atoms with van der Waals surface area (Å²) < 4.78 is 11.9. The molecular formula is C42H68O6. The van der Waals surface area contributed by atoms with Crippen LogP contribution in [-0.4, -0.2) is 40.6 Å². The summed E-state index contributed by atoms with van der Waals surface area (Å²) in [5.74, 6) is 1.04. The molecule has 0 spiro atoms. The lowest BCUT2D eigenvalue weighted by Crippen LogP contribution is -2.66. The van der Waals surface area contributed by atoms with Gasteiger partial charge in [0.25, 0.3) is 0 Å². The molecule has 1 N–H and O–H groups in total. The third-order valence-corrected chi connectivity index (χ3v) is 15.3. The highest BCUT2D eigenvalue weighted by atomic mass is 16.6. The number of ketones is 1. The molecule has 0 heterocycles. The summed E-state index contributed by atoms with van der Waals surface area (Å²) in [6, 6.07) is 0. The van der Waals surface area contributed by atoms with Crippen molar-refractivity contribution in [2.75, 3.05) is 0 Å². The third kappa shape index (κ3) is 5.56. The van der Waals surface area contributed by atoms with Crippen LogP contribution >= 0.6 is 0 Å². The van der Waals surface area contributed by atoms with Crippen molar-refractivity contribution < 1.29 is 29.0 Å². The summed E-state index contributed by atoms with van der Waals surface area (Å²) in [5.41, 5.74) is 0.516. The van der Waals surface area contributed by atoms with Crippen LogP contribution in [0, 0.1) is 56.2 Å². The largest absolute Gasteiger partial charge is 0.462 e. The molecule has 0 aliphatic heterocycles. The summed E-state index contributed by atoms with van der Waals surface area (Å²) in [5, 5.41) is 11.6. The van der Waals surface area contributed by atoms with E-state index >= 15 is 0 Å². The molecule has 0 aromatic heterocycles. The lowest BCUT2D eigenvalue weighted by atomic mass is 9.33. The molecule has 6 nitrogen and oxygen atoms in total. The average Bonchev–Trinajstić information content (AvgIpc) is 3.26. The molecule has 6 heteroatoms. The molecule has 0 amide bonds. The molecule has 0 saturated heterocycles. The van der Waals surface area contributed by atoms with Gasteiger partial charge in [-0.25, -0.2) is 0 Å². The van der Waals surface area contributed by atoms with Crippen molar-refractivity contribution in [1.82, 2.24) is 0 Å². The monoisotopic (exact) mass is 669 g/mol. The van der Waals surface area contributed by atoms with E-state index in [-0.39, 0.29) is 63.2 Å². The van der Waals surface area contributed by atoms with E-state index in [2.05, 4.69) is 55.4 Å². The van der Waals surface area contributed by atoms with Crippen LogP contribution in [0.4, 0.5) is 0 Å². The van der Waals surface area contributed by atoms with Gasteiger partial charge in [0, 0.05) is 17.3 Å². The Balaban J connectivity index is 1.40. The maximum atomic E-state index is 13.7. The zero-order valence-electron chi connectivity index (χ0n) is 32.7. The quantitative estimate of drug-likeness (QED) is 0.272. The highest BCUT2D eigenvalue weighted by Gasteiger charge is 2.70. The van der Waals surface area contributed by atoms with Crippen LogP contribution in [0.2, 0.25) is 0 Å². The summed E-state index contributed by atoms with van der Waals surface area (Å²) in [6.07, 6.45) is 8.75. The number of hydrogen-bond acceptors (Lipinski definition) is 6. The van der Waals surface area contributed by atoms with Crippen LogP contribution in [0.3, 0.4) is 0 Å². The number of allylic oxidation sites excluding steroid dienone is 1. The Hall–Kier alpha value is -1.69. The van der Waals surface area contributed by atoms with Gasteiger partial charge in [0.1, 0.15) is 11.7 Å². The van der Waals surface area contributed by atoms with Crippen LogP contribution in [-0.2, 0) is 23.9 Å². The van der Waals surface area contributed by atoms with E-state index in [0.29, 0.717) is 30.6 Å². The highest BCUT2D eigenvalue weighted by molar-refractivity contribution is 6.00. The lowest BCUT2D eigenvalue weighted by molar-refractivity contribution is -0.235. The van der Waals surface area contributed by atoms with Gasteiger partial charge in [0.2, 0.25) is 0 Å². The van der Waals surface area contributed by atoms with Gasteiger partial charge in [-0.05, 0) is 138 Å². The molecule has 0 bridgehead atoms. The predicted molar refractivity (Wildman–Crippen MR) is 190 cm³/mol. The molecule has 272 valence electrons. The Morgan fingerprint density at radius 2 is 1.52 bits per heavy atom. The molecule has 0 aromatic carbocycles. The minimum absolute atomic E-state index is 0.00179. The standard InChI is InChI=1S/C42H68O6/c1-14-30(44)42-22-21-40(12)26(34(42)33(25(2)3)27(43)23-42)15-16-29-39(11)19-18-31(38(9,10)28(39)17-20-41(29,40)13)47-32(45)24-37(7,8)35(46)48-36(4,5)6/h25-26,28-31,44H,14-24H2,1-13H3/t26-,28+,29-,30+,31+,39+,40-,41-,42+/m1/s1. The molecule has 4 saturated carbocycles. The number of ether oxygens (including phenoxy) is 2. The number of esters is 2. The Kier molecular flexibility index (Phi) is 9.35. The number of hydrogen-bond donors (Lipinski definition) is 1. The van der Waals surface area contributed by atoms with Crippen molar-refractivity contribution in [3.8, 4) is 0 Å². The Morgan fingerprint density at radius 1 is 0.875 bits per heavy atom. The van der Waals surface area contributed by atoms with Crippen molar-refractivity contribution in [3.05, 3.63) is 11.1 Å². The number of rotatable bonds is 7. The second-order valence-electron chi connectivity index (χ2n) is 20.2. The number of fused-ring (bicyclic) bond motifs is 7. The first-order valence-electron chi connectivity index (χ1n) is 19.3. The van der Waals surface area contributed by atoms with Gasteiger partial charge in [0.05, 0.1) is 17.9 Å². The topological polar surface area (TPSA) is 89.9 Å². The minimum Gasteiger partial charge on any atom is -0.462 e. The van der Waals surface area contributed by atoms with Gasteiger partial charge >= 0.3 is 11.9 Å². The molecule has 0 unspecified atom stereocenters. The third-order valence-electron chi connectivity index (χ3n) is 15.3. The zero-order valence-corrected chi connectivity index (χ0v) is 32.7. The van der Waals surface area contributed by atoms with E-state index in [4.69, 9.17) is 9.47 Å². The zero-order chi connectivity index (χ0) is 36.0. The predicted octanol–water partition coefficient (Wildman–Crippen LogP) is 9.41. The van der Waals surface area contributed by atoms with Crippen LogP contribution in [0.1, 0.15) is 161 Å². The number of Topliss-reactive ketones (excluding diaryl/α,β-unsaturated/α-hetero) is 1. The van der Waals surface area contributed by atoms with Crippen molar-refractivity contribution in [1.29, 1.82) is 0 Å². The molecular weight excluding hydrogens is 600 g/mol. The van der Waals surface area contributed by atoms with Gasteiger partial charge in [0.15, 0.2) is 5.78 Å².